The molecule has 0 aliphatic carbocycles. The summed E-state index contributed by atoms with van der Waals surface area (Å²) in [5, 5.41) is 0. The maximum Gasteiger partial charge on any atom is 0.254 e. The van der Waals surface area contributed by atoms with Crippen LogP contribution < -0.4 is 0 Å². The van der Waals surface area contributed by atoms with Crippen molar-refractivity contribution in [3.8, 4) is 0 Å². The number of ether oxygens (including phenoxy) is 1. The molecule has 0 spiro atoms. The molecule has 0 N–H and O–H groups in total. The quantitative estimate of drug-likeness (QED) is 0.806. The van der Waals surface area contributed by atoms with Crippen molar-refractivity contribution in [3.63, 3.8) is 0 Å². The van der Waals surface area contributed by atoms with Crippen LogP contribution in [0.1, 0.15) is 28.8 Å². The lowest BCUT2D eigenvalue weighted by atomic mass is 10.0. The normalized spacial score (nSPS) is 28.4. The number of aryl methyl sites for hydroxylation is 1. The van der Waals surface area contributed by atoms with Gasteiger partial charge >= 0.3 is 0 Å². The molecule has 3 aliphatic heterocycles. The number of hydrogen-bond donors (Lipinski definition) is 0. The van der Waals surface area contributed by atoms with E-state index in [9.17, 15) is 9.59 Å². The molecular weight excluding hydrogens is 342 g/mol. The van der Waals surface area contributed by atoms with E-state index in [2.05, 4.69) is 11.9 Å². The van der Waals surface area contributed by atoms with Gasteiger partial charge in [-0.15, -0.1) is 0 Å². The molecule has 0 saturated carbocycles. The van der Waals surface area contributed by atoms with E-state index in [4.69, 9.17) is 4.74 Å². The largest absolute Gasteiger partial charge is 0.372 e. The van der Waals surface area contributed by atoms with Crippen LogP contribution in [0.5, 0.6) is 0 Å². The summed E-state index contributed by atoms with van der Waals surface area (Å²) in [6, 6.07) is 7.73. The van der Waals surface area contributed by atoms with Gasteiger partial charge in [0, 0.05) is 50.7 Å². The van der Waals surface area contributed by atoms with Crippen LogP contribution in [0.2, 0.25) is 0 Å². The third kappa shape index (κ3) is 3.87. The van der Waals surface area contributed by atoms with Gasteiger partial charge in [-0.25, -0.2) is 0 Å². The number of likely N-dealkylation sites (tertiary alicyclic amines) is 1. The van der Waals surface area contributed by atoms with Crippen LogP contribution >= 0.6 is 0 Å². The summed E-state index contributed by atoms with van der Waals surface area (Å²) in [6.45, 7) is 6.85. The number of likely N-dealkylation sites (N-methyl/N-ethyl adjacent to an activating group) is 1. The SMILES string of the molecule is Cc1ccccc1C(=O)N1C[C@@H]2C[C@@H](CC(=O)N3CCN(C)CC3)O[C@@H]2C1. The van der Waals surface area contributed by atoms with Crippen molar-refractivity contribution < 1.29 is 14.3 Å². The number of benzene rings is 1. The summed E-state index contributed by atoms with van der Waals surface area (Å²) in [7, 11) is 2.09. The fourth-order valence-corrected chi connectivity index (χ4v) is 4.52. The number of carbonyl (C=O) groups excluding carboxylic acids is 2. The fraction of sp³-hybridized carbons (Fsp3) is 0.619. The molecule has 0 unspecified atom stereocenters. The van der Waals surface area contributed by atoms with Crippen LogP contribution in [-0.2, 0) is 9.53 Å². The highest BCUT2D eigenvalue weighted by Crippen LogP contribution is 2.35. The number of fused-ring (bicyclic) bond motifs is 1. The van der Waals surface area contributed by atoms with Gasteiger partial charge in [0.25, 0.3) is 5.91 Å². The Balaban J connectivity index is 1.29. The summed E-state index contributed by atoms with van der Waals surface area (Å²) in [5.74, 6) is 0.653. The highest BCUT2D eigenvalue weighted by atomic mass is 16.5. The lowest BCUT2D eigenvalue weighted by molar-refractivity contribution is -0.135. The summed E-state index contributed by atoms with van der Waals surface area (Å²) in [5.41, 5.74) is 1.79. The van der Waals surface area contributed by atoms with E-state index in [1.165, 1.54) is 0 Å². The third-order valence-corrected chi connectivity index (χ3v) is 6.23. The van der Waals surface area contributed by atoms with E-state index in [1.807, 2.05) is 41.0 Å². The highest BCUT2D eigenvalue weighted by molar-refractivity contribution is 5.95. The summed E-state index contributed by atoms with van der Waals surface area (Å²) >= 11 is 0. The standard InChI is InChI=1S/C21H29N3O3/c1-15-5-3-4-6-18(15)21(26)24-13-16-11-17(27-19(16)14-24)12-20(25)23-9-7-22(2)8-10-23/h3-6,16-17,19H,7-14H2,1-2H3/t16-,17-,19+/m0/s1. The van der Waals surface area contributed by atoms with Crippen molar-refractivity contribution >= 4 is 11.8 Å². The summed E-state index contributed by atoms with van der Waals surface area (Å²) in [6.07, 6.45) is 1.43. The molecule has 1 aromatic rings. The molecule has 3 fully saturated rings. The molecule has 1 aromatic carbocycles. The zero-order chi connectivity index (χ0) is 19.0. The van der Waals surface area contributed by atoms with Crippen LogP contribution in [0.3, 0.4) is 0 Å². The molecule has 0 radical (unpaired) electrons. The van der Waals surface area contributed by atoms with Crippen molar-refractivity contribution in [2.24, 2.45) is 5.92 Å². The van der Waals surface area contributed by atoms with Crippen LogP contribution in [-0.4, -0.2) is 85.0 Å². The van der Waals surface area contributed by atoms with Crippen molar-refractivity contribution in [1.82, 2.24) is 14.7 Å². The van der Waals surface area contributed by atoms with E-state index in [0.29, 0.717) is 18.9 Å². The first kappa shape index (κ1) is 18.4. The number of hydrogen-bond acceptors (Lipinski definition) is 4. The number of piperazine rings is 1. The van der Waals surface area contributed by atoms with E-state index < -0.39 is 0 Å². The number of nitrogens with zero attached hydrogens (tertiary/aromatic N) is 3. The Morgan fingerprint density at radius 3 is 2.52 bits per heavy atom. The smallest absolute Gasteiger partial charge is 0.254 e. The molecule has 3 atom stereocenters. The van der Waals surface area contributed by atoms with Gasteiger partial charge in [0.2, 0.25) is 5.91 Å². The van der Waals surface area contributed by atoms with Gasteiger partial charge in [0.1, 0.15) is 0 Å². The van der Waals surface area contributed by atoms with E-state index in [-0.39, 0.29) is 24.0 Å². The molecule has 3 heterocycles. The molecule has 3 saturated heterocycles. The minimum atomic E-state index is 0.00266. The zero-order valence-corrected chi connectivity index (χ0v) is 16.3. The van der Waals surface area contributed by atoms with Gasteiger partial charge in [0.05, 0.1) is 18.6 Å². The average Bonchev–Trinajstić information content (AvgIpc) is 3.20. The molecule has 3 aliphatic rings. The van der Waals surface area contributed by atoms with E-state index in [0.717, 1.165) is 50.3 Å². The molecule has 0 aromatic heterocycles. The molecule has 6 heteroatoms. The molecule has 2 amide bonds. The maximum absolute atomic E-state index is 12.8. The molecular formula is C21H29N3O3. The second-order valence-electron chi connectivity index (χ2n) is 8.21. The topological polar surface area (TPSA) is 53.1 Å². The van der Waals surface area contributed by atoms with E-state index >= 15 is 0 Å². The third-order valence-electron chi connectivity index (χ3n) is 6.23. The van der Waals surface area contributed by atoms with Crippen molar-refractivity contribution in [3.05, 3.63) is 35.4 Å². The first-order chi connectivity index (χ1) is 13.0. The average molecular weight is 371 g/mol. The van der Waals surface area contributed by atoms with E-state index in [1.54, 1.807) is 0 Å². The van der Waals surface area contributed by atoms with Gasteiger partial charge in [-0.05, 0) is 32.0 Å². The first-order valence-electron chi connectivity index (χ1n) is 9.98. The Morgan fingerprint density at radius 2 is 1.81 bits per heavy atom. The predicted octanol–water partition coefficient (Wildman–Crippen LogP) is 1.39. The van der Waals surface area contributed by atoms with Gasteiger partial charge in [-0.3, -0.25) is 9.59 Å². The number of amides is 2. The van der Waals surface area contributed by atoms with Crippen LogP contribution in [0.25, 0.3) is 0 Å². The van der Waals surface area contributed by atoms with Crippen molar-refractivity contribution in [2.75, 3.05) is 46.3 Å². The number of rotatable bonds is 3. The fourth-order valence-electron chi connectivity index (χ4n) is 4.52. The monoisotopic (exact) mass is 371 g/mol. The summed E-state index contributed by atoms with van der Waals surface area (Å²) < 4.78 is 6.16. The van der Waals surface area contributed by atoms with Crippen LogP contribution in [0.15, 0.2) is 24.3 Å². The molecule has 146 valence electrons. The van der Waals surface area contributed by atoms with Gasteiger partial charge in [-0.2, -0.15) is 0 Å². The highest BCUT2D eigenvalue weighted by Gasteiger charge is 2.44. The second-order valence-corrected chi connectivity index (χ2v) is 8.21. The van der Waals surface area contributed by atoms with Gasteiger partial charge < -0.3 is 19.4 Å². The maximum atomic E-state index is 12.8. The Morgan fingerprint density at radius 1 is 1.07 bits per heavy atom. The minimum absolute atomic E-state index is 0.00266. The first-order valence-corrected chi connectivity index (χ1v) is 9.98. The van der Waals surface area contributed by atoms with Crippen molar-refractivity contribution in [2.45, 2.75) is 32.0 Å². The second kappa shape index (κ2) is 7.60. The Hall–Kier alpha value is -1.92. The van der Waals surface area contributed by atoms with Gasteiger partial charge in [0.15, 0.2) is 0 Å². The number of carbonyl (C=O) groups is 2. The molecule has 6 nitrogen and oxygen atoms in total. The van der Waals surface area contributed by atoms with Crippen LogP contribution in [0, 0.1) is 12.8 Å². The Kier molecular flexibility index (Phi) is 5.19. The molecule has 27 heavy (non-hydrogen) atoms. The molecule has 4 rings (SSSR count). The predicted molar refractivity (Wildman–Crippen MR) is 103 cm³/mol. The minimum Gasteiger partial charge on any atom is -0.372 e. The molecule has 0 bridgehead atoms. The van der Waals surface area contributed by atoms with Crippen molar-refractivity contribution in [1.29, 1.82) is 0 Å². The van der Waals surface area contributed by atoms with Crippen LogP contribution in [0.4, 0.5) is 0 Å². The zero-order valence-electron chi connectivity index (χ0n) is 16.3. The lowest BCUT2D eigenvalue weighted by Crippen LogP contribution is -2.47. The Bertz CT molecular complexity index is 700. The lowest BCUT2D eigenvalue weighted by Gasteiger charge is -2.33. The van der Waals surface area contributed by atoms with Gasteiger partial charge in [-0.1, -0.05) is 18.2 Å². The Labute approximate surface area is 161 Å². The summed E-state index contributed by atoms with van der Waals surface area (Å²) in [4.78, 5) is 31.5.